The highest BCUT2D eigenvalue weighted by atomic mass is 16.5. The number of carbonyl (C=O) groups is 1. The molecule has 0 spiro atoms. The van der Waals surface area contributed by atoms with Crippen molar-refractivity contribution in [2.75, 3.05) is 27.2 Å². The van der Waals surface area contributed by atoms with E-state index in [2.05, 4.69) is 38.7 Å². The lowest BCUT2D eigenvalue weighted by atomic mass is 9.93. The Morgan fingerprint density at radius 1 is 1.18 bits per heavy atom. The Bertz CT molecular complexity index is 662. The van der Waals surface area contributed by atoms with Crippen LogP contribution in [0.15, 0.2) is 29.3 Å². The number of likely N-dealkylation sites (tertiary alicyclic amines) is 1. The van der Waals surface area contributed by atoms with Crippen LogP contribution in [-0.4, -0.2) is 50.1 Å². The van der Waals surface area contributed by atoms with Gasteiger partial charge in [-0.15, -0.1) is 0 Å². The Hall–Kier alpha value is -2.24. The average molecular weight is 387 g/mol. The summed E-state index contributed by atoms with van der Waals surface area (Å²) in [6.45, 7) is 2.57. The molecule has 1 saturated carbocycles. The molecular weight excluding hydrogens is 352 g/mol. The number of rotatable bonds is 6. The zero-order chi connectivity index (χ0) is 19.8. The van der Waals surface area contributed by atoms with Gasteiger partial charge in [0.05, 0.1) is 6.10 Å². The van der Waals surface area contributed by atoms with Crippen LogP contribution in [0, 0.1) is 5.92 Å². The molecule has 1 heterocycles. The van der Waals surface area contributed by atoms with Crippen LogP contribution in [0.5, 0.6) is 5.75 Å². The molecule has 0 bridgehead atoms. The van der Waals surface area contributed by atoms with Gasteiger partial charge in [-0.25, -0.2) is 0 Å². The van der Waals surface area contributed by atoms with E-state index >= 15 is 0 Å². The Kier molecular flexibility index (Phi) is 7.57. The topological polar surface area (TPSA) is 66.0 Å². The SMILES string of the molecule is CN=C(NCc1ccccc1OC1CCCC1)N1CCC(CC(=O)NC)CC1. The van der Waals surface area contributed by atoms with Gasteiger partial charge in [0.15, 0.2) is 5.96 Å². The van der Waals surface area contributed by atoms with Gasteiger partial charge in [0.2, 0.25) is 5.91 Å². The maximum atomic E-state index is 11.6. The van der Waals surface area contributed by atoms with Crippen molar-refractivity contribution in [1.29, 1.82) is 0 Å². The first-order valence-corrected chi connectivity index (χ1v) is 10.6. The van der Waals surface area contributed by atoms with E-state index in [-0.39, 0.29) is 5.91 Å². The van der Waals surface area contributed by atoms with Crippen LogP contribution in [0.4, 0.5) is 0 Å². The van der Waals surface area contributed by atoms with E-state index in [0.717, 1.165) is 50.5 Å². The monoisotopic (exact) mass is 386 g/mol. The first kappa shape index (κ1) is 20.5. The van der Waals surface area contributed by atoms with Crippen molar-refractivity contribution >= 4 is 11.9 Å². The minimum Gasteiger partial charge on any atom is -0.490 e. The molecule has 154 valence electrons. The smallest absolute Gasteiger partial charge is 0.220 e. The number of aliphatic imine (C=N–C) groups is 1. The maximum absolute atomic E-state index is 11.6. The molecule has 1 aliphatic carbocycles. The third-order valence-electron chi connectivity index (χ3n) is 5.88. The van der Waals surface area contributed by atoms with Crippen LogP contribution < -0.4 is 15.4 Å². The summed E-state index contributed by atoms with van der Waals surface area (Å²) in [5.41, 5.74) is 1.17. The summed E-state index contributed by atoms with van der Waals surface area (Å²) < 4.78 is 6.25. The molecule has 6 nitrogen and oxygen atoms in total. The summed E-state index contributed by atoms with van der Waals surface area (Å²) in [7, 11) is 3.54. The molecule has 1 amide bonds. The molecular formula is C22H34N4O2. The second kappa shape index (κ2) is 10.3. The largest absolute Gasteiger partial charge is 0.490 e. The normalized spacial score (nSPS) is 18.9. The summed E-state index contributed by atoms with van der Waals surface area (Å²) >= 11 is 0. The lowest BCUT2D eigenvalue weighted by molar-refractivity contribution is -0.121. The van der Waals surface area contributed by atoms with Gasteiger partial charge >= 0.3 is 0 Å². The van der Waals surface area contributed by atoms with Crippen LogP contribution in [0.25, 0.3) is 0 Å². The second-order valence-corrected chi connectivity index (χ2v) is 7.84. The van der Waals surface area contributed by atoms with Crippen LogP contribution >= 0.6 is 0 Å². The number of hydrogen-bond acceptors (Lipinski definition) is 3. The predicted octanol–water partition coefficient (Wildman–Crippen LogP) is 2.93. The quantitative estimate of drug-likeness (QED) is 0.583. The Labute approximate surface area is 168 Å². The molecule has 2 aliphatic rings. The van der Waals surface area contributed by atoms with Gasteiger partial charge in [-0.1, -0.05) is 18.2 Å². The number of nitrogens with zero attached hydrogens (tertiary/aromatic N) is 2. The van der Waals surface area contributed by atoms with Gasteiger partial charge in [0, 0.05) is 45.7 Å². The van der Waals surface area contributed by atoms with Crippen LogP contribution in [0.3, 0.4) is 0 Å². The lowest BCUT2D eigenvalue weighted by Crippen LogP contribution is -2.45. The molecule has 0 aromatic heterocycles. The first-order chi connectivity index (χ1) is 13.7. The standard InChI is InChI=1S/C22H34N4O2/c1-23-21(27)15-17-11-13-26(14-12-17)22(24-2)25-16-18-7-3-6-10-20(18)28-19-8-4-5-9-19/h3,6-7,10,17,19H,4-5,8-9,11-16H2,1-2H3,(H,23,27)(H,24,25). The third-order valence-corrected chi connectivity index (χ3v) is 5.88. The number of carbonyl (C=O) groups excluding carboxylic acids is 1. The summed E-state index contributed by atoms with van der Waals surface area (Å²) in [5, 5.41) is 6.23. The molecule has 1 aliphatic heterocycles. The summed E-state index contributed by atoms with van der Waals surface area (Å²) in [4.78, 5) is 18.4. The van der Waals surface area contributed by atoms with Crippen molar-refractivity contribution < 1.29 is 9.53 Å². The summed E-state index contributed by atoms with van der Waals surface area (Å²) in [6.07, 6.45) is 7.90. The fourth-order valence-electron chi connectivity index (χ4n) is 4.17. The number of guanidine groups is 1. The lowest BCUT2D eigenvalue weighted by Gasteiger charge is -2.34. The Morgan fingerprint density at radius 2 is 1.89 bits per heavy atom. The van der Waals surface area contributed by atoms with Crippen molar-refractivity contribution in [3.05, 3.63) is 29.8 Å². The van der Waals surface area contributed by atoms with Gasteiger partial charge in [-0.2, -0.15) is 0 Å². The number of benzene rings is 1. The fraction of sp³-hybridized carbons (Fsp3) is 0.636. The van der Waals surface area contributed by atoms with Crippen LogP contribution in [0.1, 0.15) is 50.5 Å². The van der Waals surface area contributed by atoms with Gasteiger partial charge in [-0.3, -0.25) is 9.79 Å². The van der Waals surface area contributed by atoms with E-state index in [0.29, 0.717) is 25.0 Å². The number of amides is 1. The predicted molar refractivity (Wildman–Crippen MR) is 113 cm³/mol. The van der Waals surface area contributed by atoms with Crippen molar-refractivity contribution in [3.63, 3.8) is 0 Å². The van der Waals surface area contributed by atoms with Crippen molar-refractivity contribution in [2.45, 2.75) is 57.6 Å². The Morgan fingerprint density at radius 3 is 2.57 bits per heavy atom. The van der Waals surface area contributed by atoms with Crippen LogP contribution in [0.2, 0.25) is 0 Å². The van der Waals surface area contributed by atoms with Gasteiger partial charge in [-0.05, 0) is 50.5 Å². The second-order valence-electron chi connectivity index (χ2n) is 7.84. The molecule has 0 unspecified atom stereocenters. The molecule has 1 aromatic rings. The molecule has 3 rings (SSSR count). The van der Waals surface area contributed by atoms with Gasteiger partial charge in [0.25, 0.3) is 0 Å². The average Bonchev–Trinajstić information content (AvgIpc) is 3.23. The van der Waals surface area contributed by atoms with Crippen molar-refractivity contribution in [2.24, 2.45) is 10.9 Å². The molecule has 1 saturated heterocycles. The van der Waals surface area contributed by atoms with E-state index in [1.54, 1.807) is 7.05 Å². The Balaban J connectivity index is 1.51. The summed E-state index contributed by atoms with van der Waals surface area (Å²) in [5.74, 6) is 2.52. The number of ether oxygens (including phenoxy) is 1. The molecule has 1 aromatic carbocycles. The van der Waals surface area contributed by atoms with E-state index in [1.807, 2.05) is 13.1 Å². The minimum atomic E-state index is 0.139. The fourth-order valence-corrected chi connectivity index (χ4v) is 4.17. The highest BCUT2D eigenvalue weighted by Gasteiger charge is 2.23. The molecule has 0 atom stereocenters. The highest BCUT2D eigenvalue weighted by molar-refractivity contribution is 5.80. The number of hydrogen-bond donors (Lipinski definition) is 2. The third kappa shape index (κ3) is 5.63. The number of para-hydroxylation sites is 1. The molecule has 28 heavy (non-hydrogen) atoms. The van der Waals surface area contributed by atoms with Crippen LogP contribution in [-0.2, 0) is 11.3 Å². The number of piperidine rings is 1. The van der Waals surface area contributed by atoms with E-state index in [1.165, 1.54) is 18.4 Å². The highest BCUT2D eigenvalue weighted by Crippen LogP contribution is 2.27. The van der Waals surface area contributed by atoms with E-state index in [9.17, 15) is 4.79 Å². The van der Waals surface area contributed by atoms with E-state index < -0.39 is 0 Å². The van der Waals surface area contributed by atoms with E-state index in [4.69, 9.17) is 4.74 Å². The molecule has 2 N–H and O–H groups in total. The molecule has 0 radical (unpaired) electrons. The zero-order valence-corrected chi connectivity index (χ0v) is 17.2. The molecule has 2 fully saturated rings. The number of nitrogens with one attached hydrogen (secondary N) is 2. The maximum Gasteiger partial charge on any atom is 0.220 e. The van der Waals surface area contributed by atoms with Gasteiger partial charge < -0.3 is 20.3 Å². The zero-order valence-electron chi connectivity index (χ0n) is 17.2. The van der Waals surface area contributed by atoms with Gasteiger partial charge in [0.1, 0.15) is 5.75 Å². The first-order valence-electron chi connectivity index (χ1n) is 10.6. The minimum absolute atomic E-state index is 0.139. The summed E-state index contributed by atoms with van der Waals surface area (Å²) in [6, 6.07) is 8.30. The molecule has 6 heteroatoms. The van der Waals surface area contributed by atoms with Crippen molar-refractivity contribution in [3.8, 4) is 5.75 Å². The van der Waals surface area contributed by atoms with Crippen molar-refractivity contribution in [1.82, 2.24) is 15.5 Å².